The van der Waals surface area contributed by atoms with Gasteiger partial charge >= 0.3 is 0 Å². The molecular weight excluding hydrogens is 200 g/mol. The summed E-state index contributed by atoms with van der Waals surface area (Å²) in [5.41, 5.74) is 5.93. The van der Waals surface area contributed by atoms with Crippen LogP contribution in [0, 0.1) is 11.8 Å². The average Bonchev–Trinajstić information content (AvgIpc) is 3.11. The largest absolute Gasteiger partial charge is 0.356 e. The fourth-order valence-electron chi connectivity index (χ4n) is 2.63. The van der Waals surface area contributed by atoms with E-state index in [1.165, 1.54) is 44.9 Å². The van der Waals surface area contributed by atoms with Gasteiger partial charge in [-0.15, -0.1) is 0 Å². The molecule has 0 saturated heterocycles. The fraction of sp³-hybridized carbons (Fsp3) is 0.923. The number of carbonyl (C=O) groups is 1. The van der Waals surface area contributed by atoms with Crippen molar-refractivity contribution in [1.82, 2.24) is 5.32 Å². The summed E-state index contributed by atoms with van der Waals surface area (Å²) >= 11 is 0. The highest BCUT2D eigenvalue weighted by Gasteiger charge is 2.29. The van der Waals surface area contributed by atoms with E-state index >= 15 is 0 Å². The maximum atomic E-state index is 11.6. The molecule has 2 aliphatic rings. The first kappa shape index (κ1) is 11.9. The minimum absolute atomic E-state index is 0.103. The molecule has 0 aromatic rings. The van der Waals surface area contributed by atoms with Gasteiger partial charge in [-0.25, -0.2) is 0 Å². The van der Waals surface area contributed by atoms with Crippen LogP contribution in [0.4, 0.5) is 0 Å². The summed E-state index contributed by atoms with van der Waals surface area (Å²) < 4.78 is 0. The second-order valence-corrected chi connectivity index (χ2v) is 5.51. The fourth-order valence-corrected chi connectivity index (χ4v) is 2.63. The van der Waals surface area contributed by atoms with E-state index in [-0.39, 0.29) is 11.9 Å². The zero-order valence-corrected chi connectivity index (χ0v) is 10.1. The van der Waals surface area contributed by atoms with Crippen molar-refractivity contribution in [3.63, 3.8) is 0 Å². The predicted molar refractivity (Wildman–Crippen MR) is 64.9 cm³/mol. The van der Waals surface area contributed by atoms with E-state index in [1.807, 2.05) is 0 Å². The van der Waals surface area contributed by atoms with Gasteiger partial charge in [0, 0.05) is 19.0 Å². The lowest BCUT2D eigenvalue weighted by molar-refractivity contribution is -0.121. The van der Waals surface area contributed by atoms with Gasteiger partial charge < -0.3 is 11.1 Å². The molecular formula is C13H24N2O. The van der Waals surface area contributed by atoms with E-state index < -0.39 is 0 Å². The van der Waals surface area contributed by atoms with Crippen molar-refractivity contribution in [2.75, 3.05) is 6.54 Å². The standard InChI is InChI=1S/C13H24N2O/c14-12(11-6-7-11)8-13(16)15-9-10-4-2-1-3-5-10/h10-12H,1-9,14H2,(H,15,16). The Morgan fingerprint density at radius 3 is 2.50 bits per heavy atom. The van der Waals surface area contributed by atoms with Gasteiger partial charge in [0.2, 0.25) is 5.91 Å². The molecule has 0 aromatic carbocycles. The van der Waals surface area contributed by atoms with Crippen LogP contribution in [-0.4, -0.2) is 18.5 Å². The first-order chi connectivity index (χ1) is 7.75. The first-order valence-corrected chi connectivity index (χ1v) is 6.78. The topological polar surface area (TPSA) is 55.1 Å². The van der Waals surface area contributed by atoms with Crippen LogP contribution < -0.4 is 11.1 Å². The monoisotopic (exact) mass is 224 g/mol. The molecule has 0 heterocycles. The SMILES string of the molecule is NC(CC(=O)NCC1CCCCC1)C1CC1. The molecule has 1 unspecified atom stereocenters. The molecule has 3 nitrogen and oxygen atoms in total. The van der Waals surface area contributed by atoms with Crippen LogP contribution >= 0.6 is 0 Å². The lowest BCUT2D eigenvalue weighted by Crippen LogP contribution is -2.35. The lowest BCUT2D eigenvalue weighted by atomic mass is 9.89. The number of hydrogen-bond donors (Lipinski definition) is 2. The van der Waals surface area contributed by atoms with Gasteiger partial charge in [0.1, 0.15) is 0 Å². The molecule has 1 amide bonds. The Labute approximate surface area is 98.2 Å². The van der Waals surface area contributed by atoms with Gasteiger partial charge in [0.05, 0.1) is 0 Å². The van der Waals surface area contributed by atoms with Crippen molar-refractivity contribution in [3.05, 3.63) is 0 Å². The van der Waals surface area contributed by atoms with Gasteiger partial charge in [-0.2, -0.15) is 0 Å². The Balaban J connectivity index is 1.58. The van der Waals surface area contributed by atoms with Gasteiger partial charge in [0.25, 0.3) is 0 Å². The first-order valence-electron chi connectivity index (χ1n) is 6.78. The second kappa shape index (κ2) is 5.67. The van der Waals surface area contributed by atoms with Crippen molar-refractivity contribution in [2.24, 2.45) is 17.6 Å². The minimum Gasteiger partial charge on any atom is -0.356 e. The average molecular weight is 224 g/mol. The molecule has 0 radical (unpaired) electrons. The maximum absolute atomic E-state index is 11.6. The Bertz CT molecular complexity index is 232. The van der Waals surface area contributed by atoms with E-state index in [4.69, 9.17) is 5.73 Å². The summed E-state index contributed by atoms with van der Waals surface area (Å²) in [7, 11) is 0. The quantitative estimate of drug-likeness (QED) is 0.748. The third-order valence-corrected chi connectivity index (χ3v) is 3.96. The number of hydrogen-bond acceptors (Lipinski definition) is 2. The highest BCUT2D eigenvalue weighted by atomic mass is 16.1. The molecule has 0 aliphatic heterocycles. The molecule has 1 atom stereocenters. The summed E-state index contributed by atoms with van der Waals surface area (Å²) in [6, 6.07) is 0.103. The zero-order valence-electron chi connectivity index (χ0n) is 10.1. The van der Waals surface area contributed by atoms with Crippen LogP contribution in [0.15, 0.2) is 0 Å². The Hall–Kier alpha value is -0.570. The summed E-state index contributed by atoms with van der Waals surface area (Å²) in [6.45, 7) is 0.871. The summed E-state index contributed by atoms with van der Waals surface area (Å²) in [4.78, 5) is 11.6. The third kappa shape index (κ3) is 3.78. The van der Waals surface area contributed by atoms with Crippen LogP contribution in [0.3, 0.4) is 0 Å². The highest BCUT2D eigenvalue weighted by Crippen LogP contribution is 2.32. The van der Waals surface area contributed by atoms with Crippen LogP contribution in [-0.2, 0) is 4.79 Å². The van der Waals surface area contributed by atoms with E-state index in [9.17, 15) is 4.79 Å². The van der Waals surface area contributed by atoms with Crippen molar-refractivity contribution in [1.29, 1.82) is 0 Å². The van der Waals surface area contributed by atoms with Crippen molar-refractivity contribution in [2.45, 2.75) is 57.4 Å². The van der Waals surface area contributed by atoms with Crippen molar-refractivity contribution >= 4 is 5.91 Å². The molecule has 0 spiro atoms. The number of amides is 1. The van der Waals surface area contributed by atoms with Crippen LogP contribution in [0.2, 0.25) is 0 Å². The molecule has 2 saturated carbocycles. The summed E-state index contributed by atoms with van der Waals surface area (Å²) in [5, 5.41) is 3.05. The molecule has 0 bridgehead atoms. The lowest BCUT2D eigenvalue weighted by Gasteiger charge is -2.22. The predicted octanol–water partition coefficient (Wildman–Crippen LogP) is 1.81. The van der Waals surface area contributed by atoms with E-state index in [2.05, 4.69) is 5.32 Å². The minimum atomic E-state index is 0.103. The van der Waals surface area contributed by atoms with E-state index in [1.54, 1.807) is 0 Å². The van der Waals surface area contributed by atoms with Crippen molar-refractivity contribution < 1.29 is 4.79 Å². The molecule has 92 valence electrons. The molecule has 0 aromatic heterocycles. The molecule has 16 heavy (non-hydrogen) atoms. The van der Waals surface area contributed by atoms with Crippen molar-refractivity contribution in [3.8, 4) is 0 Å². The second-order valence-electron chi connectivity index (χ2n) is 5.51. The Morgan fingerprint density at radius 2 is 1.88 bits per heavy atom. The van der Waals surface area contributed by atoms with Gasteiger partial charge in [-0.05, 0) is 37.5 Å². The number of nitrogens with one attached hydrogen (secondary N) is 1. The normalized spacial score (nSPS) is 24.1. The molecule has 3 heteroatoms. The highest BCUT2D eigenvalue weighted by molar-refractivity contribution is 5.76. The zero-order chi connectivity index (χ0) is 11.4. The van der Waals surface area contributed by atoms with E-state index in [0.29, 0.717) is 12.3 Å². The van der Waals surface area contributed by atoms with Crippen LogP contribution in [0.1, 0.15) is 51.4 Å². The van der Waals surface area contributed by atoms with Gasteiger partial charge in [0.15, 0.2) is 0 Å². The molecule has 3 N–H and O–H groups in total. The van der Waals surface area contributed by atoms with E-state index in [0.717, 1.165) is 12.5 Å². The number of nitrogens with two attached hydrogens (primary N) is 1. The van der Waals surface area contributed by atoms with Gasteiger partial charge in [-0.3, -0.25) is 4.79 Å². The maximum Gasteiger partial charge on any atom is 0.221 e. The number of carbonyl (C=O) groups excluding carboxylic acids is 1. The summed E-state index contributed by atoms with van der Waals surface area (Å²) in [5.74, 6) is 1.50. The molecule has 2 aliphatic carbocycles. The third-order valence-electron chi connectivity index (χ3n) is 3.96. The molecule has 2 fully saturated rings. The Kier molecular flexibility index (Phi) is 4.22. The molecule has 2 rings (SSSR count). The number of rotatable bonds is 5. The smallest absolute Gasteiger partial charge is 0.221 e. The Morgan fingerprint density at radius 1 is 1.19 bits per heavy atom. The summed E-state index contributed by atoms with van der Waals surface area (Å²) in [6.07, 6.45) is 9.58. The van der Waals surface area contributed by atoms with Crippen LogP contribution in [0.5, 0.6) is 0 Å². The van der Waals surface area contributed by atoms with Gasteiger partial charge in [-0.1, -0.05) is 19.3 Å². The van der Waals surface area contributed by atoms with Crippen LogP contribution in [0.25, 0.3) is 0 Å².